The number of esters is 1. The van der Waals surface area contributed by atoms with Crippen LogP contribution in [0.3, 0.4) is 0 Å². The summed E-state index contributed by atoms with van der Waals surface area (Å²) < 4.78 is 19.9. The minimum Gasteiger partial charge on any atom is -0.431 e. The molecule has 208 valence electrons. The largest absolute Gasteiger partial charge is 0.431 e. The molecule has 4 aromatic rings. The van der Waals surface area contributed by atoms with E-state index in [1.54, 1.807) is 18.2 Å². The Labute approximate surface area is 247 Å². The number of fused-ring (bicyclic) bond motifs is 1. The highest BCUT2D eigenvalue weighted by Crippen LogP contribution is 2.33. The zero-order valence-corrected chi connectivity index (χ0v) is 24.9. The second-order valence-electron chi connectivity index (χ2n) is 9.77. The van der Waals surface area contributed by atoms with Gasteiger partial charge in [0.1, 0.15) is 0 Å². The number of nitrogens with zero attached hydrogens (tertiary/aromatic N) is 1. The Hall–Kier alpha value is -3.29. The molecule has 0 saturated carbocycles. The molecule has 0 aliphatic heterocycles. The first-order valence-corrected chi connectivity index (χ1v) is 14.4. The predicted molar refractivity (Wildman–Crippen MR) is 161 cm³/mol. The lowest BCUT2D eigenvalue weighted by Crippen LogP contribution is -2.38. The molecule has 0 bridgehead atoms. The number of alkyl halides is 1. The van der Waals surface area contributed by atoms with E-state index in [0.717, 1.165) is 15.6 Å². The molecular formula is C32H31BrClFN2O3. The van der Waals surface area contributed by atoms with Gasteiger partial charge in [-0.25, -0.2) is 9.37 Å². The maximum absolute atomic E-state index is 14.1. The van der Waals surface area contributed by atoms with E-state index >= 15 is 0 Å². The number of carbonyl (C=O) groups excluding carboxylic acids is 2. The molecule has 40 heavy (non-hydrogen) atoms. The number of nitrogens with one attached hydrogen (secondary N) is 1. The van der Waals surface area contributed by atoms with Crippen molar-refractivity contribution in [1.82, 2.24) is 10.3 Å². The molecule has 3 unspecified atom stereocenters. The van der Waals surface area contributed by atoms with Crippen molar-refractivity contribution in [3.05, 3.63) is 99.0 Å². The third kappa shape index (κ3) is 6.88. The number of benzene rings is 3. The molecule has 0 fully saturated rings. The van der Waals surface area contributed by atoms with E-state index in [9.17, 15) is 14.0 Å². The molecule has 3 aromatic carbocycles. The second-order valence-corrected chi connectivity index (χ2v) is 11.1. The lowest BCUT2D eigenvalue weighted by atomic mass is 9.88. The highest BCUT2D eigenvalue weighted by molar-refractivity contribution is 9.10. The number of hydrogen-bond acceptors (Lipinski definition) is 4. The molecule has 4 rings (SSSR count). The number of aromatic nitrogens is 1. The number of pyridine rings is 1. The molecule has 0 aliphatic rings. The van der Waals surface area contributed by atoms with Crippen LogP contribution in [0.1, 0.15) is 60.5 Å². The first-order chi connectivity index (χ1) is 19.2. The van der Waals surface area contributed by atoms with Crippen LogP contribution in [-0.2, 0) is 9.53 Å². The van der Waals surface area contributed by atoms with E-state index in [1.165, 1.54) is 0 Å². The van der Waals surface area contributed by atoms with Gasteiger partial charge in [0.05, 0.1) is 23.2 Å². The summed E-state index contributed by atoms with van der Waals surface area (Å²) in [7, 11) is 0. The van der Waals surface area contributed by atoms with Crippen molar-refractivity contribution >= 4 is 50.3 Å². The van der Waals surface area contributed by atoms with E-state index in [0.29, 0.717) is 39.2 Å². The summed E-state index contributed by atoms with van der Waals surface area (Å²) in [6.45, 7) is 5.51. The van der Waals surface area contributed by atoms with E-state index < -0.39 is 24.3 Å². The van der Waals surface area contributed by atoms with Gasteiger partial charge >= 0.3 is 5.97 Å². The fourth-order valence-electron chi connectivity index (χ4n) is 4.87. The van der Waals surface area contributed by atoms with Gasteiger partial charge in [-0.15, -0.1) is 0 Å². The third-order valence-electron chi connectivity index (χ3n) is 6.89. The Kier molecular flexibility index (Phi) is 9.93. The SMILES string of the molecule is CCCC(F)OC(=O)CC(c1ccccc1Cl)C(C)NC(=O)c1c(C)c(-c2ccccc2)nc2ccc(Br)cc12. The molecule has 0 spiro atoms. The van der Waals surface area contributed by atoms with Crippen LogP contribution in [0, 0.1) is 6.92 Å². The summed E-state index contributed by atoms with van der Waals surface area (Å²) in [5.74, 6) is -1.55. The van der Waals surface area contributed by atoms with Gasteiger partial charge in [0, 0.05) is 38.8 Å². The first-order valence-electron chi connectivity index (χ1n) is 13.2. The van der Waals surface area contributed by atoms with Crippen LogP contribution in [0.25, 0.3) is 22.2 Å². The Bertz CT molecular complexity index is 1520. The normalized spacial score (nSPS) is 13.4. The maximum Gasteiger partial charge on any atom is 0.309 e. The van der Waals surface area contributed by atoms with Gasteiger partial charge in [0.25, 0.3) is 5.91 Å². The van der Waals surface area contributed by atoms with Crippen molar-refractivity contribution in [2.45, 2.75) is 58.4 Å². The van der Waals surface area contributed by atoms with E-state index in [1.807, 2.05) is 75.4 Å². The predicted octanol–water partition coefficient (Wildman–Crippen LogP) is 8.56. The standard InChI is InChI=1S/C32H31BrClFN2O3/c1-4-10-28(35)40-29(38)18-24(23-13-8-9-14-26(23)34)20(3)36-32(39)30-19(2)31(21-11-6-5-7-12-21)37-27-16-15-22(33)17-25(27)30/h5-9,11-17,20,24,28H,4,10,18H2,1-3H3,(H,36,39). The van der Waals surface area contributed by atoms with Crippen molar-refractivity contribution in [1.29, 1.82) is 0 Å². The van der Waals surface area contributed by atoms with E-state index in [2.05, 4.69) is 21.2 Å². The van der Waals surface area contributed by atoms with Crippen LogP contribution in [0.2, 0.25) is 5.02 Å². The molecular weight excluding hydrogens is 595 g/mol. The molecule has 0 aliphatic carbocycles. The average molecular weight is 626 g/mol. The van der Waals surface area contributed by atoms with Gasteiger partial charge in [-0.1, -0.05) is 83.0 Å². The first kappa shape index (κ1) is 29.7. The summed E-state index contributed by atoms with van der Waals surface area (Å²) in [5, 5.41) is 4.25. The molecule has 1 aromatic heterocycles. The number of carbonyl (C=O) groups is 2. The highest BCUT2D eigenvalue weighted by atomic mass is 79.9. The van der Waals surface area contributed by atoms with E-state index in [-0.39, 0.29) is 18.7 Å². The molecule has 1 amide bonds. The number of amides is 1. The van der Waals surface area contributed by atoms with Crippen molar-refractivity contribution in [3.63, 3.8) is 0 Å². The van der Waals surface area contributed by atoms with Crippen molar-refractivity contribution in [2.75, 3.05) is 0 Å². The van der Waals surface area contributed by atoms with Crippen molar-refractivity contribution in [2.24, 2.45) is 0 Å². The fourth-order valence-corrected chi connectivity index (χ4v) is 5.50. The van der Waals surface area contributed by atoms with Crippen LogP contribution in [-0.4, -0.2) is 29.3 Å². The summed E-state index contributed by atoms with van der Waals surface area (Å²) in [4.78, 5) is 31.6. The zero-order valence-electron chi connectivity index (χ0n) is 22.6. The number of halogens is 3. The monoisotopic (exact) mass is 624 g/mol. The summed E-state index contributed by atoms with van der Waals surface area (Å²) in [5.41, 5.74) is 4.19. The Balaban J connectivity index is 1.71. The zero-order chi connectivity index (χ0) is 28.8. The van der Waals surface area contributed by atoms with Crippen molar-refractivity contribution in [3.8, 4) is 11.3 Å². The van der Waals surface area contributed by atoms with Gasteiger partial charge in [0.15, 0.2) is 0 Å². The topological polar surface area (TPSA) is 68.3 Å². The summed E-state index contributed by atoms with van der Waals surface area (Å²) in [6.07, 6.45) is -1.14. The van der Waals surface area contributed by atoms with Gasteiger partial charge in [-0.3, -0.25) is 9.59 Å². The number of hydrogen-bond donors (Lipinski definition) is 1. The lowest BCUT2D eigenvalue weighted by Gasteiger charge is -2.26. The Morgan fingerprint density at radius 3 is 2.48 bits per heavy atom. The second kappa shape index (κ2) is 13.4. The molecule has 1 heterocycles. The molecule has 0 radical (unpaired) electrons. The van der Waals surface area contributed by atoms with Crippen LogP contribution in [0.15, 0.2) is 77.3 Å². The molecule has 1 N–H and O–H groups in total. The third-order valence-corrected chi connectivity index (χ3v) is 7.73. The maximum atomic E-state index is 14.1. The average Bonchev–Trinajstić information content (AvgIpc) is 2.92. The number of ether oxygens (including phenoxy) is 1. The number of rotatable bonds is 10. The molecule has 0 saturated heterocycles. The van der Waals surface area contributed by atoms with Crippen LogP contribution >= 0.6 is 27.5 Å². The van der Waals surface area contributed by atoms with Crippen LogP contribution in [0.5, 0.6) is 0 Å². The van der Waals surface area contributed by atoms with Crippen molar-refractivity contribution < 1.29 is 18.7 Å². The lowest BCUT2D eigenvalue weighted by molar-refractivity contribution is -0.159. The fraction of sp³-hybridized carbons (Fsp3) is 0.281. The highest BCUT2D eigenvalue weighted by Gasteiger charge is 2.29. The minimum absolute atomic E-state index is 0.127. The molecule has 3 atom stereocenters. The van der Waals surface area contributed by atoms with Gasteiger partial charge in [-0.05, 0) is 55.7 Å². The summed E-state index contributed by atoms with van der Waals surface area (Å²) in [6, 6.07) is 21.9. The van der Waals surface area contributed by atoms with Gasteiger partial charge in [-0.2, -0.15) is 0 Å². The summed E-state index contributed by atoms with van der Waals surface area (Å²) >= 11 is 10.0. The van der Waals surface area contributed by atoms with Gasteiger partial charge < -0.3 is 10.1 Å². The Morgan fingerprint density at radius 1 is 1.07 bits per heavy atom. The minimum atomic E-state index is -1.67. The smallest absolute Gasteiger partial charge is 0.309 e. The van der Waals surface area contributed by atoms with Crippen LogP contribution < -0.4 is 5.32 Å². The molecule has 5 nitrogen and oxygen atoms in total. The van der Waals surface area contributed by atoms with E-state index in [4.69, 9.17) is 21.3 Å². The van der Waals surface area contributed by atoms with Crippen LogP contribution in [0.4, 0.5) is 4.39 Å². The van der Waals surface area contributed by atoms with Gasteiger partial charge in [0.2, 0.25) is 6.36 Å². The Morgan fingerprint density at radius 2 is 1.77 bits per heavy atom. The quantitative estimate of drug-likeness (QED) is 0.179. The molecule has 8 heteroatoms.